The van der Waals surface area contributed by atoms with Gasteiger partial charge in [0.25, 0.3) is 5.56 Å². The van der Waals surface area contributed by atoms with Crippen molar-refractivity contribution in [3.05, 3.63) is 16.7 Å². The molecule has 0 spiro atoms. The van der Waals surface area contributed by atoms with Crippen LogP contribution in [0, 0.1) is 0 Å². The molecule has 0 aliphatic rings. The lowest BCUT2D eigenvalue weighted by Crippen LogP contribution is -2.05. The molecule has 0 aliphatic carbocycles. The molecule has 0 fully saturated rings. The van der Waals surface area contributed by atoms with E-state index < -0.39 is 0 Å². The average Bonchev–Trinajstić information content (AvgIpc) is 2.49. The van der Waals surface area contributed by atoms with Gasteiger partial charge < -0.3 is 4.98 Å². The number of hydrogen-bond acceptors (Lipinski definition) is 5. The molecule has 4 nitrogen and oxygen atoms in total. The summed E-state index contributed by atoms with van der Waals surface area (Å²) in [6.07, 6.45) is 1.41. The van der Waals surface area contributed by atoms with Crippen molar-refractivity contribution in [2.45, 2.75) is 11.3 Å². The SMILES string of the molecule is CCSc1nc2c(=O)[nH]cnc2s1. The number of fused-ring (bicyclic) bond motifs is 1. The van der Waals surface area contributed by atoms with Crippen LogP contribution in [0.15, 0.2) is 15.5 Å². The highest BCUT2D eigenvalue weighted by molar-refractivity contribution is 8.01. The van der Waals surface area contributed by atoms with Crippen molar-refractivity contribution in [3.63, 3.8) is 0 Å². The first-order valence-electron chi connectivity index (χ1n) is 3.78. The van der Waals surface area contributed by atoms with Crippen LogP contribution in [-0.2, 0) is 0 Å². The third-order valence-electron chi connectivity index (χ3n) is 1.45. The second-order valence-corrected chi connectivity index (χ2v) is 4.79. The number of rotatable bonds is 2. The Balaban J connectivity index is 2.62. The first-order chi connectivity index (χ1) is 6.31. The molecule has 0 saturated heterocycles. The smallest absolute Gasteiger partial charge is 0.278 e. The maximum Gasteiger partial charge on any atom is 0.278 e. The minimum absolute atomic E-state index is 0.163. The van der Waals surface area contributed by atoms with Gasteiger partial charge in [0.2, 0.25) is 0 Å². The highest BCUT2D eigenvalue weighted by Gasteiger charge is 2.06. The van der Waals surface area contributed by atoms with Crippen LogP contribution >= 0.6 is 23.1 Å². The number of thiazole rings is 1. The zero-order chi connectivity index (χ0) is 9.26. The lowest BCUT2D eigenvalue weighted by Gasteiger charge is -1.84. The van der Waals surface area contributed by atoms with Crippen LogP contribution in [0.2, 0.25) is 0 Å². The molecular weight excluding hydrogens is 206 g/mol. The molecular formula is C7H7N3OS2. The monoisotopic (exact) mass is 213 g/mol. The van der Waals surface area contributed by atoms with E-state index in [9.17, 15) is 4.79 Å². The van der Waals surface area contributed by atoms with Crippen LogP contribution in [0.3, 0.4) is 0 Å². The van der Waals surface area contributed by atoms with Crippen molar-refractivity contribution in [2.75, 3.05) is 5.75 Å². The van der Waals surface area contributed by atoms with Crippen molar-refractivity contribution < 1.29 is 0 Å². The van der Waals surface area contributed by atoms with Gasteiger partial charge in [0.1, 0.15) is 0 Å². The van der Waals surface area contributed by atoms with Gasteiger partial charge in [-0.25, -0.2) is 9.97 Å². The van der Waals surface area contributed by atoms with Crippen molar-refractivity contribution in [3.8, 4) is 0 Å². The summed E-state index contributed by atoms with van der Waals surface area (Å²) in [5.74, 6) is 0.956. The summed E-state index contributed by atoms with van der Waals surface area (Å²) in [4.78, 5) is 22.7. The maximum atomic E-state index is 11.2. The Kier molecular flexibility index (Phi) is 2.32. The molecule has 0 aromatic carbocycles. The van der Waals surface area contributed by atoms with E-state index in [1.807, 2.05) is 6.92 Å². The average molecular weight is 213 g/mol. The van der Waals surface area contributed by atoms with Gasteiger partial charge in [-0.15, -0.1) is 0 Å². The molecule has 0 amide bonds. The Labute approximate surface area is 82.4 Å². The summed E-state index contributed by atoms with van der Waals surface area (Å²) in [5.41, 5.74) is 0.285. The predicted octanol–water partition coefficient (Wildman–Crippen LogP) is 1.49. The molecule has 13 heavy (non-hydrogen) atoms. The highest BCUT2D eigenvalue weighted by Crippen LogP contribution is 2.25. The van der Waals surface area contributed by atoms with Crippen LogP contribution in [0.1, 0.15) is 6.92 Å². The first kappa shape index (κ1) is 8.71. The number of nitrogens with zero attached hydrogens (tertiary/aromatic N) is 2. The molecule has 0 aliphatic heterocycles. The van der Waals surface area contributed by atoms with E-state index in [-0.39, 0.29) is 5.56 Å². The van der Waals surface area contributed by atoms with Gasteiger partial charge in [0.15, 0.2) is 14.7 Å². The van der Waals surface area contributed by atoms with E-state index in [1.165, 1.54) is 17.7 Å². The fourth-order valence-corrected chi connectivity index (χ4v) is 2.80. The molecule has 0 unspecified atom stereocenters. The molecule has 2 aromatic heterocycles. The van der Waals surface area contributed by atoms with Crippen molar-refractivity contribution in [1.82, 2.24) is 15.0 Å². The molecule has 2 aromatic rings. The van der Waals surface area contributed by atoms with Gasteiger partial charge in [-0.2, -0.15) is 0 Å². The molecule has 0 bridgehead atoms. The van der Waals surface area contributed by atoms with E-state index in [4.69, 9.17) is 0 Å². The summed E-state index contributed by atoms with van der Waals surface area (Å²) >= 11 is 3.08. The fourth-order valence-electron chi connectivity index (χ4n) is 0.931. The van der Waals surface area contributed by atoms with Gasteiger partial charge in [-0.05, 0) is 5.75 Å². The maximum absolute atomic E-state index is 11.2. The fraction of sp³-hybridized carbons (Fsp3) is 0.286. The number of thioether (sulfide) groups is 1. The van der Waals surface area contributed by atoms with Gasteiger partial charge in [0, 0.05) is 0 Å². The number of H-pyrrole nitrogens is 1. The number of aromatic nitrogens is 3. The summed E-state index contributed by atoms with van der Waals surface area (Å²) < 4.78 is 0.904. The molecule has 0 atom stereocenters. The Hall–Kier alpha value is -0.880. The lowest BCUT2D eigenvalue weighted by atomic mass is 10.6. The number of nitrogens with one attached hydrogen (secondary N) is 1. The quantitative estimate of drug-likeness (QED) is 0.768. The Morgan fingerprint density at radius 2 is 2.54 bits per heavy atom. The minimum atomic E-state index is -0.163. The van der Waals surface area contributed by atoms with E-state index in [2.05, 4.69) is 15.0 Å². The third kappa shape index (κ3) is 1.59. The van der Waals surface area contributed by atoms with E-state index in [1.54, 1.807) is 11.8 Å². The first-order valence-corrected chi connectivity index (χ1v) is 5.58. The van der Waals surface area contributed by atoms with E-state index in [0.717, 1.165) is 10.1 Å². The van der Waals surface area contributed by atoms with Crippen LogP contribution < -0.4 is 5.56 Å². The zero-order valence-corrected chi connectivity index (χ0v) is 8.54. The second kappa shape index (κ2) is 3.47. The third-order valence-corrected chi connectivity index (χ3v) is 3.44. The molecule has 1 N–H and O–H groups in total. The Bertz CT molecular complexity index is 476. The molecule has 2 rings (SSSR count). The summed E-state index contributed by atoms with van der Waals surface area (Å²) in [6, 6.07) is 0. The van der Waals surface area contributed by atoms with Crippen LogP contribution in [0.5, 0.6) is 0 Å². The highest BCUT2D eigenvalue weighted by atomic mass is 32.2. The number of aromatic amines is 1. The number of hydrogen-bond donors (Lipinski definition) is 1. The standard InChI is InChI=1S/C7H7N3OS2/c1-2-12-7-10-4-5(11)8-3-9-6(4)13-7/h3H,2H2,1H3,(H,8,9,11). The van der Waals surface area contributed by atoms with Crippen molar-refractivity contribution >= 4 is 33.4 Å². The van der Waals surface area contributed by atoms with Crippen molar-refractivity contribution in [2.24, 2.45) is 0 Å². The van der Waals surface area contributed by atoms with E-state index in [0.29, 0.717) is 10.3 Å². The largest absolute Gasteiger partial charge is 0.311 e. The van der Waals surface area contributed by atoms with Crippen molar-refractivity contribution in [1.29, 1.82) is 0 Å². The van der Waals surface area contributed by atoms with E-state index >= 15 is 0 Å². The topological polar surface area (TPSA) is 58.6 Å². The van der Waals surface area contributed by atoms with Crippen LogP contribution in [0.25, 0.3) is 10.3 Å². The molecule has 68 valence electrons. The van der Waals surface area contributed by atoms with Crippen LogP contribution in [-0.4, -0.2) is 20.7 Å². The molecule has 2 heterocycles. The van der Waals surface area contributed by atoms with Crippen LogP contribution in [0.4, 0.5) is 0 Å². The normalized spacial score (nSPS) is 10.8. The van der Waals surface area contributed by atoms with Gasteiger partial charge in [-0.3, -0.25) is 4.79 Å². The Morgan fingerprint density at radius 3 is 3.23 bits per heavy atom. The zero-order valence-electron chi connectivity index (χ0n) is 6.90. The summed E-state index contributed by atoms with van der Waals surface area (Å²) in [5, 5.41) is 0. The van der Waals surface area contributed by atoms with Gasteiger partial charge in [-0.1, -0.05) is 30.0 Å². The molecule has 0 saturated carbocycles. The summed E-state index contributed by atoms with van der Waals surface area (Å²) in [7, 11) is 0. The summed E-state index contributed by atoms with van der Waals surface area (Å²) in [6.45, 7) is 2.05. The minimum Gasteiger partial charge on any atom is -0.311 e. The Morgan fingerprint density at radius 1 is 1.69 bits per heavy atom. The van der Waals surface area contributed by atoms with Gasteiger partial charge in [0.05, 0.1) is 6.33 Å². The molecule has 6 heteroatoms. The second-order valence-electron chi connectivity index (χ2n) is 2.30. The predicted molar refractivity (Wildman–Crippen MR) is 54.4 cm³/mol. The molecule has 0 radical (unpaired) electrons. The van der Waals surface area contributed by atoms with Gasteiger partial charge >= 0.3 is 0 Å². The lowest BCUT2D eigenvalue weighted by molar-refractivity contribution is 1.15.